The van der Waals surface area contributed by atoms with Gasteiger partial charge in [0.15, 0.2) is 0 Å². The highest BCUT2D eigenvalue weighted by Crippen LogP contribution is 2.02. The third kappa shape index (κ3) is 2.70. The van der Waals surface area contributed by atoms with Gasteiger partial charge in [0.2, 0.25) is 0 Å². The zero-order valence-electron chi connectivity index (χ0n) is 6.71. The molecule has 1 N–H and O–H groups in total. The van der Waals surface area contributed by atoms with Crippen LogP contribution in [0.3, 0.4) is 0 Å². The molecule has 1 aromatic rings. The predicted molar refractivity (Wildman–Crippen MR) is 49.5 cm³/mol. The lowest BCUT2D eigenvalue weighted by Gasteiger charge is -2.03. The molecule has 1 unspecified atom stereocenters. The number of nitrogens with one attached hydrogen (secondary N) is 1. The van der Waals surface area contributed by atoms with Crippen molar-refractivity contribution >= 4 is 21.9 Å². The predicted octanol–water partition coefficient (Wildman–Crippen LogP) is 1.95. The van der Waals surface area contributed by atoms with E-state index in [1.165, 1.54) is 0 Å². The number of carbonyl (C=O) groups excluding carboxylic acids is 1. The van der Waals surface area contributed by atoms with E-state index in [1.54, 1.807) is 18.3 Å². The summed E-state index contributed by atoms with van der Waals surface area (Å²) in [6, 6.07) is 3.44. The maximum Gasteiger partial charge on any atom is 0.354 e. The first-order valence-electron chi connectivity index (χ1n) is 3.64. The van der Waals surface area contributed by atoms with Crippen molar-refractivity contribution in [3.8, 4) is 0 Å². The molecule has 1 atom stereocenters. The van der Waals surface area contributed by atoms with Crippen LogP contribution in [0.5, 0.6) is 0 Å². The molecule has 1 rings (SSSR count). The fourth-order valence-corrected chi connectivity index (χ4v) is 0.858. The normalized spacial score (nSPS) is 12.5. The highest BCUT2D eigenvalue weighted by atomic mass is 79.9. The number of halogens is 1. The van der Waals surface area contributed by atoms with Crippen LogP contribution in [-0.2, 0) is 4.74 Å². The average Bonchev–Trinajstić information content (AvgIpc) is 2.51. The Hall–Kier alpha value is -0.770. The van der Waals surface area contributed by atoms with Gasteiger partial charge in [-0.3, -0.25) is 0 Å². The van der Waals surface area contributed by atoms with Crippen LogP contribution in [0.4, 0.5) is 0 Å². The van der Waals surface area contributed by atoms with E-state index in [1.807, 2.05) is 6.92 Å². The third-order valence-electron chi connectivity index (χ3n) is 1.26. The number of rotatable bonds is 3. The van der Waals surface area contributed by atoms with E-state index in [4.69, 9.17) is 4.74 Å². The first-order valence-corrected chi connectivity index (χ1v) is 4.56. The number of hydrogen-bond donors (Lipinski definition) is 1. The van der Waals surface area contributed by atoms with Crippen molar-refractivity contribution in [2.24, 2.45) is 0 Å². The molecule has 0 amide bonds. The van der Waals surface area contributed by atoms with E-state index in [0.29, 0.717) is 12.3 Å². The van der Waals surface area contributed by atoms with E-state index in [2.05, 4.69) is 20.9 Å². The van der Waals surface area contributed by atoms with Crippen molar-refractivity contribution in [1.82, 2.24) is 4.98 Å². The fraction of sp³-hybridized carbons (Fsp3) is 0.375. The molecule has 12 heavy (non-hydrogen) atoms. The summed E-state index contributed by atoms with van der Waals surface area (Å²) in [7, 11) is 0. The van der Waals surface area contributed by atoms with E-state index in [0.717, 1.165) is 0 Å². The molecule has 0 aliphatic heterocycles. The molecule has 1 aromatic heterocycles. The van der Waals surface area contributed by atoms with Crippen LogP contribution in [0.2, 0.25) is 0 Å². The minimum atomic E-state index is -0.314. The summed E-state index contributed by atoms with van der Waals surface area (Å²) < 4.78 is 4.93. The third-order valence-corrected chi connectivity index (χ3v) is 1.53. The summed E-state index contributed by atoms with van der Waals surface area (Å²) in [5, 5.41) is 0. The second-order valence-corrected chi connectivity index (χ2v) is 4.03. The van der Waals surface area contributed by atoms with E-state index < -0.39 is 0 Å². The zero-order chi connectivity index (χ0) is 8.97. The number of esters is 1. The Labute approximate surface area is 79.2 Å². The van der Waals surface area contributed by atoms with Gasteiger partial charge in [-0.2, -0.15) is 0 Å². The van der Waals surface area contributed by atoms with Crippen molar-refractivity contribution in [2.45, 2.75) is 11.8 Å². The SMILES string of the molecule is CC(Br)COC(=O)c1ccc[nH]1. The van der Waals surface area contributed by atoms with Gasteiger partial charge in [-0.15, -0.1) is 0 Å². The topological polar surface area (TPSA) is 42.1 Å². The van der Waals surface area contributed by atoms with Crippen molar-refractivity contribution in [3.05, 3.63) is 24.0 Å². The fourth-order valence-electron chi connectivity index (χ4n) is 0.726. The first-order chi connectivity index (χ1) is 5.70. The first kappa shape index (κ1) is 9.32. The van der Waals surface area contributed by atoms with Gasteiger partial charge < -0.3 is 9.72 Å². The number of H-pyrrole nitrogens is 1. The number of alkyl halides is 1. The van der Waals surface area contributed by atoms with Gasteiger partial charge in [0, 0.05) is 11.0 Å². The maximum absolute atomic E-state index is 11.1. The number of carbonyl (C=O) groups is 1. The second kappa shape index (κ2) is 4.30. The highest BCUT2D eigenvalue weighted by molar-refractivity contribution is 9.09. The largest absolute Gasteiger partial charge is 0.460 e. The van der Waals surface area contributed by atoms with Crippen LogP contribution >= 0.6 is 15.9 Å². The summed E-state index contributed by atoms with van der Waals surface area (Å²) in [6.45, 7) is 2.31. The molecule has 0 saturated heterocycles. The minimum Gasteiger partial charge on any atom is -0.460 e. The lowest BCUT2D eigenvalue weighted by molar-refractivity contribution is 0.0506. The van der Waals surface area contributed by atoms with Crippen molar-refractivity contribution < 1.29 is 9.53 Å². The molecule has 0 fully saturated rings. The quantitative estimate of drug-likeness (QED) is 0.639. The molecular formula is C8H10BrNO2. The monoisotopic (exact) mass is 231 g/mol. The van der Waals surface area contributed by atoms with E-state index in [-0.39, 0.29) is 10.8 Å². The Morgan fingerprint density at radius 1 is 1.83 bits per heavy atom. The Morgan fingerprint density at radius 3 is 3.08 bits per heavy atom. The molecule has 0 radical (unpaired) electrons. The molecule has 4 heteroatoms. The summed E-state index contributed by atoms with van der Waals surface area (Å²) in [4.78, 5) is 14.1. The maximum atomic E-state index is 11.1. The second-order valence-electron chi connectivity index (χ2n) is 2.46. The Balaban J connectivity index is 2.40. The van der Waals surface area contributed by atoms with Gasteiger partial charge in [-0.1, -0.05) is 15.9 Å². The van der Waals surface area contributed by atoms with Gasteiger partial charge in [-0.25, -0.2) is 4.79 Å². The van der Waals surface area contributed by atoms with Gasteiger partial charge in [0.25, 0.3) is 0 Å². The Morgan fingerprint density at radius 2 is 2.58 bits per heavy atom. The summed E-state index contributed by atoms with van der Waals surface area (Å²) in [5.74, 6) is -0.314. The van der Waals surface area contributed by atoms with E-state index >= 15 is 0 Å². The molecule has 0 saturated carbocycles. The number of aromatic nitrogens is 1. The molecule has 0 spiro atoms. The molecular weight excluding hydrogens is 222 g/mol. The van der Waals surface area contributed by atoms with Crippen molar-refractivity contribution in [1.29, 1.82) is 0 Å². The lowest BCUT2D eigenvalue weighted by Crippen LogP contribution is -2.11. The van der Waals surface area contributed by atoms with Gasteiger partial charge in [-0.05, 0) is 19.1 Å². The number of ether oxygens (including phenoxy) is 1. The summed E-state index contributed by atoms with van der Waals surface area (Å²) >= 11 is 3.28. The standard InChI is InChI=1S/C8H10BrNO2/c1-6(9)5-12-8(11)7-3-2-4-10-7/h2-4,6,10H,5H2,1H3. The lowest BCUT2D eigenvalue weighted by atomic mass is 10.4. The molecule has 1 heterocycles. The van der Waals surface area contributed by atoms with Gasteiger partial charge in [0.05, 0.1) is 0 Å². The Bertz CT molecular complexity index is 244. The van der Waals surface area contributed by atoms with Crippen LogP contribution in [-0.4, -0.2) is 22.4 Å². The van der Waals surface area contributed by atoms with Crippen LogP contribution in [0.25, 0.3) is 0 Å². The molecule has 3 nitrogen and oxygen atoms in total. The number of aromatic amines is 1. The molecule has 0 bridgehead atoms. The molecule has 0 aliphatic rings. The molecule has 66 valence electrons. The minimum absolute atomic E-state index is 0.191. The van der Waals surface area contributed by atoms with Crippen molar-refractivity contribution in [2.75, 3.05) is 6.61 Å². The average molecular weight is 232 g/mol. The van der Waals surface area contributed by atoms with Crippen LogP contribution in [0, 0.1) is 0 Å². The number of hydrogen-bond acceptors (Lipinski definition) is 2. The van der Waals surface area contributed by atoms with Crippen molar-refractivity contribution in [3.63, 3.8) is 0 Å². The molecule has 0 aromatic carbocycles. The van der Waals surface area contributed by atoms with E-state index in [9.17, 15) is 4.79 Å². The summed E-state index contributed by atoms with van der Waals surface area (Å²) in [6.07, 6.45) is 1.69. The Kier molecular flexibility index (Phi) is 3.34. The molecule has 0 aliphatic carbocycles. The van der Waals surface area contributed by atoms with Crippen LogP contribution in [0.15, 0.2) is 18.3 Å². The smallest absolute Gasteiger partial charge is 0.354 e. The van der Waals surface area contributed by atoms with Gasteiger partial charge in [0.1, 0.15) is 12.3 Å². The summed E-state index contributed by atoms with van der Waals surface area (Å²) in [5.41, 5.74) is 0.489. The van der Waals surface area contributed by atoms with Crippen LogP contribution < -0.4 is 0 Å². The van der Waals surface area contributed by atoms with Crippen LogP contribution in [0.1, 0.15) is 17.4 Å². The highest BCUT2D eigenvalue weighted by Gasteiger charge is 2.07. The zero-order valence-corrected chi connectivity index (χ0v) is 8.30. The van der Waals surface area contributed by atoms with Gasteiger partial charge >= 0.3 is 5.97 Å².